The van der Waals surface area contributed by atoms with E-state index in [1.165, 1.54) is 6.26 Å². The van der Waals surface area contributed by atoms with Crippen LogP contribution in [0.2, 0.25) is 0 Å². The van der Waals surface area contributed by atoms with Crippen LogP contribution in [0.15, 0.2) is 33.7 Å². The molecule has 0 bridgehead atoms. The van der Waals surface area contributed by atoms with E-state index in [-0.39, 0.29) is 10.8 Å². The van der Waals surface area contributed by atoms with Crippen molar-refractivity contribution in [1.82, 2.24) is 15.5 Å². The van der Waals surface area contributed by atoms with E-state index >= 15 is 0 Å². The van der Waals surface area contributed by atoms with Gasteiger partial charge < -0.3 is 9.84 Å². The van der Waals surface area contributed by atoms with Crippen LogP contribution in [0, 0.1) is 0 Å². The van der Waals surface area contributed by atoms with Gasteiger partial charge in [0, 0.05) is 24.3 Å². The van der Waals surface area contributed by atoms with Crippen molar-refractivity contribution in [1.29, 1.82) is 0 Å². The number of nitrogens with one attached hydrogen (secondary N) is 1. The Morgan fingerprint density at radius 3 is 2.95 bits per heavy atom. The van der Waals surface area contributed by atoms with E-state index in [0.717, 1.165) is 25.9 Å². The highest BCUT2D eigenvalue weighted by molar-refractivity contribution is 7.90. The highest BCUT2D eigenvalue weighted by Crippen LogP contribution is 2.25. The molecule has 1 saturated heterocycles. The lowest BCUT2D eigenvalue weighted by atomic mass is 9.99. The Balaban J connectivity index is 1.89. The molecular formula is C14H17N3O3S. The molecule has 6 nitrogen and oxygen atoms in total. The molecule has 112 valence electrons. The van der Waals surface area contributed by atoms with Gasteiger partial charge in [0.1, 0.15) is 0 Å². The summed E-state index contributed by atoms with van der Waals surface area (Å²) >= 11 is 0. The number of sulfone groups is 1. The van der Waals surface area contributed by atoms with Crippen LogP contribution in [0.5, 0.6) is 0 Å². The normalized spacial score (nSPS) is 19.6. The van der Waals surface area contributed by atoms with Gasteiger partial charge in [0.15, 0.2) is 15.7 Å². The van der Waals surface area contributed by atoms with Crippen molar-refractivity contribution in [2.45, 2.75) is 23.7 Å². The fourth-order valence-electron chi connectivity index (χ4n) is 2.45. The van der Waals surface area contributed by atoms with Gasteiger partial charge in [0.05, 0.1) is 4.90 Å². The second kappa shape index (κ2) is 5.57. The summed E-state index contributed by atoms with van der Waals surface area (Å²) in [7, 11) is -3.25. The van der Waals surface area contributed by atoms with Crippen LogP contribution < -0.4 is 5.32 Å². The third-order valence-corrected chi connectivity index (χ3v) is 4.72. The van der Waals surface area contributed by atoms with Gasteiger partial charge in [0.2, 0.25) is 0 Å². The van der Waals surface area contributed by atoms with Gasteiger partial charge in [0.25, 0.3) is 5.89 Å². The molecule has 1 N–H and O–H groups in total. The van der Waals surface area contributed by atoms with Gasteiger partial charge in [-0.3, -0.25) is 0 Å². The van der Waals surface area contributed by atoms with Gasteiger partial charge in [-0.2, -0.15) is 4.98 Å². The predicted molar refractivity (Wildman–Crippen MR) is 77.7 cm³/mol. The molecule has 1 fully saturated rings. The van der Waals surface area contributed by atoms with Crippen LogP contribution in [0.1, 0.15) is 24.6 Å². The van der Waals surface area contributed by atoms with Crippen LogP contribution in [-0.2, 0) is 9.84 Å². The third-order valence-electron chi connectivity index (χ3n) is 3.61. The number of piperidine rings is 1. The van der Waals surface area contributed by atoms with Gasteiger partial charge >= 0.3 is 0 Å². The number of benzene rings is 1. The molecule has 0 amide bonds. The van der Waals surface area contributed by atoms with Crippen molar-refractivity contribution in [3.63, 3.8) is 0 Å². The number of nitrogens with zero attached hydrogens (tertiary/aromatic N) is 2. The van der Waals surface area contributed by atoms with E-state index in [0.29, 0.717) is 17.3 Å². The molecule has 1 aliphatic rings. The summed E-state index contributed by atoms with van der Waals surface area (Å²) in [5.74, 6) is 1.30. The zero-order chi connectivity index (χ0) is 14.9. The Labute approximate surface area is 123 Å². The molecule has 1 aromatic heterocycles. The maximum Gasteiger partial charge on any atom is 0.257 e. The number of hydrogen-bond donors (Lipinski definition) is 1. The first-order chi connectivity index (χ1) is 10.0. The zero-order valence-corrected chi connectivity index (χ0v) is 12.6. The topological polar surface area (TPSA) is 85.1 Å². The van der Waals surface area contributed by atoms with Gasteiger partial charge in [-0.15, -0.1) is 0 Å². The smallest absolute Gasteiger partial charge is 0.257 e. The third kappa shape index (κ3) is 3.14. The van der Waals surface area contributed by atoms with Crippen molar-refractivity contribution >= 4 is 9.84 Å². The highest BCUT2D eigenvalue weighted by Gasteiger charge is 2.21. The molecule has 1 unspecified atom stereocenters. The fourth-order valence-corrected chi connectivity index (χ4v) is 3.12. The maximum absolute atomic E-state index is 11.6. The molecule has 0 radical (unpaired) electrons. The molecule has 0 saturated carbocycles. The lowest BCUT2D eigenvalue weighted by molar-refractivity contribution is 0.393. The summed E-state index contributed by atoms with van der Waals surface area (Å²) in [6.45, 7) is 1.87. The summed E-state index contributed by atoms with van der Waals surface area (Å²) in [6, 6.07) is 6.57. The quantitative estimate of drug-likeness (QED) is 0.927. The Hall–Kier alpha value is -1.73. The van der Waals surface area contributed by atoms with Crippen molar-refractivity contribution in [2.75, 3.05) is 19.3 Å². The second-order valence-corrected chi connectivity index (χ2v) is 7.32. The highest BCUT2D eigenvalue weighted by atomic mass is 32.2. The van der Waals surface area contributed by atoms with E-state index in [1.54, 1.807) is 24.3 Å². The van der Waals surface area contributed by atoms with E-state index in [9.17, 15) is 8.42 Å². The van der Waals surface area contributed by atoms with Gasteiger partial charge in [-0.1, -0.05) is 11.2 Å². The zero-order valence-electron chi connectivity index (χ0n) is 11.7. The summed E-state index contributed by atoms with van der Waals surface area (Å²) in [4.78, 5) is 4.66. The summed E-state index contributed by atoms with van der Waals surface area (Å²) in [5, 5.41) is 7.34. The first-order valence-electron chi connectivity index (χ1n) is 6.89. The van der Waals surface area contributed by atoms with Crippen molar-refractivity contribution in [2.24, 2.45) is 0 Å². The predicted octanol–water partition coefficient (Wildman–Crippen LogP) is 1.61. The molecule has 21 heavy (non-hydrogen) atoms. The summed E-state index contributed by atoms with van der Waals surface area (Å²) in [5.41, 5.74) is 0.625. The maximum atomic E-state index is 11.6. The van der Waals surface area contributed by atoms with Crippen LogP contribution >= 0.6 is 0 Å². The molecule has 0 aliphatic carbocycles. The standard InChI is InChI=1S/C14H17N3O3S/c1-21(18,19)12-6-2-4-10(8-12)14-16-13(17-20-14)11-5-3-7-15-9-11/h2,4,6,8,11,15H,3,5,7,9H2,1H3. The Bertz CT molecular complexity index is 733. The van der Waals surface area contributed by atoms with Crippen LogP contribution in [0.4, 0.5) is 0 Å². The Morgan fingerprint density at radius 2 is 2.24 bits per heavy atom. The second-order valence-electron chi connectivity index (χ2n) is 5.30. The molecule has 2 aromatic rings. The van der Waals surface area contributed by atoms with Crippen LogP contribution in [0.3, 0.4) is 0 Å². The average molecular weight is 307 g/mol. The Morgan fingerprint density at radius 1 is 1.38 bits per heavy atom. The largest absolute Gasteiger partial charge is 0.334 e. The molecule has 1 atom stereocenters. The van der Waals surface area contributed by atoms with Crippen molar-refractivity contribution < 1.29 is 12.9 Å². The minimum Gasteiger partial charge on any atom is -0.334 e. The van der Waals surface area contributed by atoms with E-state index in [1.807, 2.05) is 0 Å². The van der Waals surface area contributed by atoms with Crippen molar-refractivity contribution in [3.8, 4) is 11.5 Å². The molecule has 3 rings (SSSR count). The first kappa shape index (κ1) is 14.2. The summed E-state index contributed by atoms with van der Waals surface area (Å²) in [6.07, 6.45) is 3.31. The number of rotatable bonds is 3. The average Bonchev–Trinajstić information content (AvgIpc) is 2.97. The Kier molecular flexibility index (Phi) is 3.77. The molecule has 7 heteroatoms. The minimum absolute atomic E-state index is 0.249. The van der Waals surface area contributed by atoms with E-state index in [4.69, 9.17) is 4.52 Å². The van der Waals surface area contributed by atoms with Crippen LogP contribution in [-0.4, -0.2) is 37.9 Å². The molecule has 0 spiro atoms. The van der Waals surface area contributed by atoms with Crippen LogP contribution in [0.25, 0.3) is 11.5 Å². The number of hydrogen-bond acceptors (Lipinski definition) is 6. The first-order valence-corrected chi connectivity index (χ1v) is 8.78. The van der Waals surface area contributed by atoms with Crippen molar-refractivity contribution in [3.05, 3.63) is 30.1 Å². The SMILES string of the molecule is CS(=O)(=O)c1cccc(-c2nc(C3CCCNC3)no2)c1. The van der Waals surface area contributed by atoms with E-state index < -0.39 is 9.84 Å². The molecular weight excluding hydrogens is 290 g/mol. The molecule has 1 aliphatic heterocycles. The minimum atomic E-state index is -3.25. The van der Waals surface area contributed by atoms with Gasteiger partial charge in [-0.25, -0.2) is 8.42 Å². The lowest BCUT2D eigenvalue weighted by Gasteiger charge is -2.19. The van der Waals surface area contributed by atoms with Gasteiger partial charge in [-0.05, 0) is 37.6 Å². The number of aromatic nitrogens is 2. The molecule has 1 aromatic carbocycles. The fraction of sp³-hybridized carbons (Fsp3) is 0.429. The van der Waals surface area contributed by atoms with E-state index in [2.05, 4.69) is 15.5 Å². The summed E-state index contributed by atoms with van der Waals surface area (Å²) < 4.78 is 28.5. The monoisotopic (exact) mass is 307 g/mol. The lowest BCUT2D eigenvalue weighted by Crippen LogP contribution is -2.28. The molecule has 2 heterocycles.